The van der Waals surface area contributed by atoms with Crippen molar-refractivity contribution >= 4 is 0 Å². The van der Waals surface area contributed by atoms with Crippen molar-refractivity contribution in [1.29, 1.82) is 0 Å². The van der Waals surface area contributed by atoms with Gasteiger partial charge in [-0.1, -0.05) is 19.3 Å². The molecule has 0 aromatic carbocycles. The lowest BCUT2D eigenvalue weighted by Gasteiger charge is -2.43. The first-order chi connectivity index (χ1) is 8.98. The van der Waals surface area contributed by atoms with Crippen LogP contribution in [-0.4, -0.2) is 41.8 Å². The van der Waals surface area contributed by atoms with Crippen LogP contribution >= 0.6 is 0 Å². The summed E-state index contributed by atoms with van der Waals surface area (Å²) in [7, 11) is 0. The van der Waals surface area contributed by atoms with Gasteiger partial charge in [0.15, 0.2) is 0 Å². The summed E-state index contributed by atoms with van der Waals surface area (Å²) in [4.78, 5) is 1.76. The zero-order valence-corrected chi connectivity index (χ0v) is 11.4. The lowest BCUT2D eigenvalue weighted by molar-refractivity contribution is -0.198. The molecule has 0 bridgehead atoms. The van der Waals surface area contributed by atoms with Gasteiger partial charge in [0, 0.05) is 18.6 Å². The average Bonchev–Trinajstić information content (AvgIpc) is 3.14. The van der Waals surface area contributed by atoms with Crippen LogP contribution in [0.5, 0.6) is 0 Å². The Morgan fingerprint density at radius 3 is 2.16 bits per heavy atom. The minimum Gasteiger partial charge on any atom is -0.310 e. The summed E-state index contributed by atoms with van der Waals surface area (Å²) < 4.78 is 39.9. The van der Waals surface area contributed by atoms with Crippen molar-refractivity contribution in [1.82, 2.24) is 10.2 Å². The van der Waals surface area contributed by atoms with E-state index in [1.165, 1.54) is 6.42 Å². The second-order valence-electron chi connectivity index (χ2n) is 6.57. The Labute approximate surface area is 112 Å². The van der Waals surface area contributed by atoms with E-state index in [0.29, 0.717) is 25.9 Å². The molecule has 1 saturated heterocycles. The third-order valence-corrected chi connectivity index (χ3v) is 5.27. The highest BCUT2D eigenvalue weighted by Crippen LogP contribution is 2.54. The molecule has 2 aliphatic carbocycles. The molecule has 19 heavy (non-hydrogen) atoms. The number of hydrogen-bond donors (Lipinski definition) is 1. The van der Waals surface area contributed by atoms with Gasteiger partial charge >= 0.3 is 6.18 Å². The van der Waals surface area contributed by atoms with Crippen LogP contribution in [0.3, 0.4) is 0 Å². The fourth-order valence-electron chi connectivity index (χ4n) is 3.95. The van der Waals surface area contributed by atoms with Crippen molar-refractivity contribution in [3.8, 4) is 0 Å². The predicted molar refractivity (Wildman–Crippen MR) is 68.0 cm³/mol. The second-order valence-corrected chi connectivity index (χ2v) is 6.57. The summed E-state index contributed by atoms with van der Waals surface area (Å²) in [6, 6.07) is 0. The van der Waals surface area contributed by atoms with Gasteiger partial charge in [-0.15, -0.1) is 0 Å². The van der Waals surface area contributed by atoms with Gasteiger partial charge in [0.1, 0.15) is 5.54 Å². The molecule has 1 heterocycles. The molecular formula is C14H23F3N2. The highest BCUT2D eigenvalue weighted by molar-refractivity contribution is 5.12. The van der Waals surface area contributed by atoms with Gasteiger partial charge in [-0.3, -0.25) is 4.90 Å². The zero-order valence-electron chi connectivity index (χ0n) is 11.4. The van der Waals surface area contributed by atoms with Crippen LogP contribution in [0.2, 0.25) is 0 Å². The molecule has 0 aromatic rings. The number of alkyl halides is 3. The molecule has 1 spiro atoms. The van der Waals surface area contributed by atoms with Crippen LogP contribution in [0.1, 0.15) is 51.4 Å². The van der Waals surface area contributed by atoms with Crippen molar-refractivity contribution < 1.29 is 13.2 Å². The van der Waals surface area contributed by atoms with Gasteiger partial charge in [0.2, 0.25) is 0 Å². The fourth-order valence-corrected chi connectivity index (χ4v) is 3.95. The Kier molecular flexibility index (Phi) is 3.33. The van der Waals surface area contributed by atoms with Crippen LogP contribution in [0.25, 0.3) is 0 Å². The first-order valence-electron chi connectivity index (χ1n) is 7.54. The van der Waals surface area contributed by atoms with Crippen molar-refractivity contribution in [2.24, 2.45) is 0 Å². The SMILES string of the molecule is FC(F)(F)C1(N2CCCNC3(CCCCC3)C2)CC1. The average molecular weight is 276 g/mol. The number of hydrogen-bond acceptors (Lipinski definition) is 2. The molecule has 2 nitrogen and oxygen atoms in total. The molecule has 2 saturated carbocycles. The highest BCUT2D eigenvalue weighted by atomic mass is 19.4. The summed E-state index contributed by atoms with van der Waals surface area (Å²) >= 11 is 0. The maximum absolute atomic E-state index is 13.3. The van der Waals surface area contributed by atoms with E-state index < -0.39 is 11.7 Å². The Morgan fingerprint density at radius 1 is 0.895 bits per heavy atom. The van der Waals surface area contributed by atoms with E-state index in [1.54, 1.807) is 4.90 Å². The molecule has 3 aliphatic rings. The standard InChI is InChI=1S/C14H23F3N2/c15-14(16,17)13(7-8-13)19-10-4-9-18-12(11-19)5-2-1-3-6-12/h18H,1-11H2. The van der Waals surface area contributed by atoms with Gasteiger partial charge in [-0.25, -0.2) is 0 Å². The minimum atomic E-state index is -4.06. The number of nitrogens with zero attached hydrogens (tertiary/aromatic N) is 1. The van der Waals surface area contributed by atoms with E-state index in [0.717, 1.165) is 38.6 Å². The second kappa shape index (κ2) is 4.62. The first-order valence-corrected chi connectivity index (χ1v) is 7.54. The monoisotopic (exact) mass is 276 g/mol. The van der Waals surface area contributed by atoms with Gasteiger partial charge in [0.05, 0.1) is 0 Å². The van der Waals surface area contributed by atoms with E-state index >= 15 is 0 Å². The van der Waals surface area contributed by atoms with Crippen molar-refractivity contribution in [3.63, 3.8) is 0 Å². The summed E-state index contributed by atoms with van der Waals surface area (Å²) in [6.07, 6.45) is 2.98. The van der Waals surface area contributed by atoms with Gasteiger partial charge in [-0.2, -0.15) is 13.2 Å². The van der Waals surface area contributed by atoms with E-state index in [9.17, 15) is 13.2 Å². The number of rotatable bonds is 1. The first kappa shape index (κ1) is 13.7. The Morgan fingerprint density at radius 2 is 1.58 bits per heavy atom. The summed E-state index contributed by atoms with van der Waals surface area (Å²) in [5.41, 5.74) is -1.53. The molecular weight excluding hydrogens is 253 g/mol. The molecule has 0 unspecified atom stereocenters. The number of halogens is 3. The summed E-state index contributed by atoms with van der Waals surface area (Å²) in [5.74, 6) is 0. The van der Waals surface area contributed by atoms with E-state index in [2.05, 4.69) is 5.32 Å². The van der Waals surface area contributed by atoms with Crippen molar-refractivity contribution in [2.45, 2.75) is 68.6 Å². The summed E-state index contributed by atoms with van der Waals surface area (Å²) in [6.45, 7) is 2.05. The lowest BCUT2D eigenvalue weighted by Crippen LogP contribution is -2.57. The van der Waals surface area contributed by atoms with Crippen LogP contribution in [0, 0.1) is 0 Å². The van der Waals surface area contributed by atoms with Gasteiger partial charge in [-0.05, 0) is 38.6 Å². The van der Waals surface area contributed by atoms with Crippen molar-refractivity contribution in [2.75, 3.05) is 19.6 Å². The van der Waals surface area contributed by atoms with Crippen LogP contribution < -0.4 is 5.32 Å². The molecule has 3 rings (SSSR count). The zero-order chi connectivity index (χ0) is 13.6. The maximum Gasteiger partial charge on any atom is 0.406 e. The normalized spacial score (nSPS) is 31.1. The van der Waals surface area contributed by atoms with Crippen LogP contribution in [0.4, 0.5) is 13.2 Å². The Bertz CT molecular complexity index is 330. The topological polar surface area (TPSA) is 15.3 Å². The quantitative estimate of drug-likeness (QED) is 0.792. The maximum atomic E-state index is 13.3. The Balaban J connectivity index is 1.78. The van der Waals surface area contributed by atoms with Gasteiger partial charge < -0.3 is 5.32 Å². The third kappa shape index (κ3) is 2.40. The Hall–Kier alpha value is -0.290. The molecule has 3 fully saturated rings. The van der Waals surface area contributed by atoms with Crippen molar-refractivity contribution in [3.05, 3.63) is 0 Å². The van der Waals surface area contributed by atoms with E-state index in [4.69, 9.17) is 0 Å². The third-order valence-electron chi connectivity index (χ3n) is 5.27. The van der Waals surface area contributed by atoms with Crippen LogP contribution in [0.15, 0.2) is 0 Å². The van der Waals surface area contributed by atoms with Crippen LogP contribution in [-0.2, 0) is 0 Å². The molecule has 0 radical (unpaired) electrons. The molecule has 5 heteroatoms. The number of nitrogens with one attached hydrogen (secondary N) is 1. The molecule has 0 atom stereocenters. The molecule has 1 N–H and O–H groups in total. The largest absolute Gasteiger partial charge is 0.406 e. The molecule has 0 amide bonds. The molecule has 110 valence electrons. The molecule has 1 aliphatic heterocycles. The lowest BCUT2D eigenvalue weighted by atomic mass is 9.81. The van der Waals surface area contributed by atoms with E-state index in [1.807, 2.05) is 0 Å². The smallest absolute Gasteiger partial charge is 0.310 e. The molecule has 0 aromatic heterocycles. The highest BCUT2D eigenvalue weighted by Gasteiger charge is 2.67. The minimum absolute atomic E-state index is 0.0460. The summed E-state index contributed by atoms with van der Waals surface area (Å²) in [5, 5.41) is 3.57. The fraction of sp³-hybridized carbons (Fsp3) is 1.00. The van der Waals surface area contributed by atoms with Gasteiger partial charge in [0.25, 0.3) is 0 Å². The predicted octanol–water partition coefficient (Wildman–Crippen LogP) is 3.08. The van der Waals surface area contributed by atoms with E-state index in [-0.39, 0.29) is 5.54 Å².